The van der Waals surface area contributed by atoms with Crippen LogP contribution in [0.5, 0.6) is 0 Å². The Hall–Kier alpha value is -1.36. The van der Waals surface area contributed by atoms with Crippen molar-refractivity contribution in [3.05, 3.63) is 18.2 Å². The molecule has 0 bridgehead atoms. The fourth-order valence-electron chi connectivity index (χ4n) is 1.13. The Bertz CT molecular complexity index is 313. The number of H-pyrrole nitrogens is 1. The monoisotopic (exact) mass is 224 g/mol. The highest BCUT2D eigenvalue weighted by atomic mass is 16.2. The minimum absolute atomic E-state index is 0.0762. The lowest BCUT2D eigenvalue weighted by atomic mass is 9.96. The zero-order chi connectivity index (χ0) is 12.0. The van der Waals surface area contributed by atoms with Crippen molar-refractivity contribution >= 4 is 5.91 Å². The van der Waals surface area contributed by atoms with Gasteiger partial charge in [0.05, 0.1) is 6.54 Å². The fraction of sp³-hybridized carbons (Fsp3) is 0.636. The van der Waals surface area contributed by atoms with Crippen LogP contribution in [-0.4, -0.2) is 29.0 Å². The third-order valence-electron chi connectivity index (χ3n) is 2.12. The minimum atomic E-state index is -0.318. The van der Waals surface area contributed by atoms with E-state index in [0.717, 1.165) is 12.4 Å². The van der Waals surface area contributed by atoms with E-state index in [1.54, 1.807) is 12.4 Å². The van der Waals surface area contributed by atoms with Gasteiger partial charge in [0.2, 0.25) is 5.91 Å². The second kappa shape index (κ2) is 5.65. The summed E-state index contributed by atoms with van der Waals surface area (Å²) < 4.78 is 0. The first-order valence-corrected chi connectivity index (χ1v) is 5.47. The predicted octanol–water partition coefficient (Wildman–Crippen LogP) is 0.662. The first kappa shape index (κ1) is 12.7. The topological polar surface area (TPSA) is 69.8 Å². The van der Waals surface area contributed by atoms with Gasteiger partial charge in [0.1, 0.15) is 5.82 Å². The number of imidazole rings is 1. The largest absolute Gasteiger partial charge is 0.354 e. The van der Waals surface area contributed by atoms with E-state index < -0.39 is 0 Å². The highest BCUT2D eigenvalue weighted by Crippen LogP contribution is 2.11. The van der Waals surface area contributed by atoms with Gasteiger partial charge in [-0.3, -0.25) is 4.79 Å². The van der Waals surface area contributed by atoms with Crippen molar-refractivity contribution in [2.75, 3.05) is 13.1 Å². The third-order valence-corrected chi connectivity index (χ3v) is 2.12. The maximum absolute atomic E-state index is 11.5. The Morgan fingerprint density at radius 1 is 1.44 bits per heavy atom. The van der Waals surface area contributed by atoms with Crippen LogP contribution < -0.4 is 10.6 Å². The molecule has 0 atom stereocenters. The Balaban J connectivity index is 2.06. The van der Waals surface area contributed by atoms with Gasteiger partial charge < -0.3 is 15.6 Å². The number of nitrogens with one attached hydrogen (secondary N) is 3. The maximum atomic E-state index is 11.5. The molecule has 1 amide bonds. The van der Waals surface area contributed by atoms with E-state index in [2.05, 4.69) is 20.6 Å². The number of aromatic amines is 1. The summed E-state index contributed by atoms with van der Waals surface area (Å²) in [7, 11) is 0. The van der Waals surface area contributed by atoms with E-state index in [-0.39, 0.29) is 11.3 Å². The lowest BCUT2D eigenvalue weighted by molar-refractivity contribution is -0.128. The van der Waals surface area contributed by atoms with Gasteiger partial charge in [-0.05, 0) is 0 Å². The number of aromatic nitrogens is 2. The molecule has 5 nitrogen and oxygen atoms in total. The van der Waals surface area contributed by atoms with Gasteiger partial charge in [0, 0.05) is 30.9 Å². The van der Waals surface area contributed by atoms with Gasteiger partial charge in [-0.2, -0.15) is 0 Å². The summed E-state index contributed by atoms with van der Waals surface area (Å²) in [6.07, 6.45) is 3.51. The lowest BCUT2D eigenvalue weighted by Gasteiger charge is -2.17. The molecule has 0 saturated carbocycles. The fourth-order valence-corrected chi connectivity index (χ4v) is 1.13. The third kappa shape index (κ3) is 4.44. The van der Waals surface area contributed by atoms with Crippen LogP contribution in [-0.2, 0) is 11.3 Å². The molecule has 3 N–H and O–H groups in total. The molecule has 0 spiro atoms. The minimum Gasteiger partial charge on any atom is -0.354 e. The molecule has 1 heterocycles. The summed E-state index contributed by atoms with van der Waals surface area (Å²) in [5.74, 6) is 0.981. The summed E-state index contributed by atoms with van der Waals surface area (Å²) in [6.45, 7) is 7.77. The molecule has 0 radical (unpaired) electrons. The van der Waals surface area contributed by atoms with Crippen molar-refractivity contribution in [2.45, 2.75) is 27.3 Å². The number of carbonyl (C=O) groups is 1. The second-order valence-corrected chi connectivity index (χ2v) is 4.72. The van der Waals surface area contributed by atoms with Crippen molar-refractivity contribution in [1.82, 2.24) is 20.6 Å². The lowest BCUT2D eigenvalue weighted by Crippen LogP contribution is -2.38. The Kier molecular flexibility index (Phi) is 4.49. The van der Waals surface area contributed by atoms with Gasteiger partial charge in [-0.15, -0.1) is 0 Å². The van der Waals surface area contributed by atoms with Gasteiger partial charge in [-0.25, -0.2) is 4.98 Å². The van der Waals surface area contributed by atoms with Crippen molar-refractivity contribution in [2.24, 2.45) is 5.41 Å². The maximum Gasteiger partial charge on any atom is 0.225 e. The number of carbonyl (C=O) groups excluding carboxylic acids is 1. The van der Waals surface area contributed by atoms with E-state index in [1.807, 2.05) is 20.8 Å². The van der Waals surface area contributed by atoms with Crippen molar-refractivity contribution < 1.29 is 4.79 Å². The molecule has 16 heavy (non-hydrogen) atoms. The molecule has 0 aromatic carbocycles. The van der Waals surface area contributed by atoms with Gasteiger partial charge >= 0.3 is 0 Å². The zero-order valence-electron chi connectivity index (χ0n) is 10.1. The van der Waals surface area contributed by atoms with Crippen LogP contribution in [0.25, 0.3) is 0 Å². The van der Waals surface area contributed by atoms with Crippen LogP contribution in [0.1, 0.15) is 26.6 Å². The number of hydrogen-bond acceptors (Lipinski definition) is 3. The van der Waals surface area contributed by atoms with Crippen molar-refractivity contribution in [3.63, 3.8) is 0 Å². The molecule has 1 rings (SSSR count). The quantitative estimate of drug-likeness (QED) is 0.644. The standard InChI is InChI=1S/C11H20N4O/c1-11(2,3)10(16)15-5-4-12-8-9-13-6-7-14-9/h6-7,12H,4-5,8H2,1-3H3,(H,13,14)(H,15,16). The average Bonchev–Trinajstić information content (AvgIpc) is 2.68. The van der Waals surface area contributed by atoms with Gasteiger partial charge in [-0.1, -0.05) is 20.8 Å². The molecule has 0 fully saturated rings. The molecule has 0 saturated heterocycles. The summed E-state index contributed by atoms with van der Waals surface area (Å²) in [5.41, 5.74) is -0.318. The average molecular weight is 224 g/mol. The van der Waals surface area contributed by atoms with Crippen LogP contribution in [0.15, 0.2) is 12.4 Å². The summed E-state index contributed by atoms with van der Waals surface area (Å²) in [4.78, 5) is 18.6. The van der Waals surface area contributed by atoms with Crippen LogP contribution in [0.2, 0.25) is 0 Å². The smallest absolute Gasteiger partial charge is 0.225 e. The molecular weight excluding hydrogens is 204 g/mol. The van der Waals surface area contributed by atoms with Crippen molar-refractivity contribution in [1.29, 1.82) is 0 Å². The van der Waals surface area contributed by atoms with Crippen LogP contribution >= 0.6 is 0 Å². The zero-order valence-corrected chi connectivity index (χ0v) is 10.1. The Morgan fingerprint density at radius 3 is 2.75 bits per heavy atom. The van der Waals surface area contributed by atoms with E-state index in [9.17, 15) is 4.79 Å². The SMILES string of the molecule is CC(C)(C)C(=O)NCCNCc1ncc[nH]1. The highest BCUT2D eigenvalue weighted by molar-refractivity contribution is 5.81. The van der Waals surface area contributed by atoms with Crippen molar-refractivity contribution in [3.8, 4) is 0 Å². The molecule has 1 aromatic heterocycles. The van der Waals surface area contributed by atoms with Crippen LogP contribution in [0, 0.1) is 5.41 Å². The first-order valence-electron chi connectivity index (χ1n) is 5.47. The number of rotatable bonds is 5. The van der Waals surface area contributed by atoms with E-state index in [1.165, 1.54) is 0 Å². The molecule has 0 unspecified atom stereocenters. The molecule has 1 aromatic rings. The molecular formula is C11H20N4O. The van der Waals surface area contributed by atoms with E-state index >= 15 is 0 Å². The Labute approximate surface area is 96.0 Å². The van der Waals surface area contributed by atoms with Gasteiger partial charge in [0.15, 0.2) is 0 Å². The van der Waals surface area contributed by atoms with E-state index in [4.69, 9.17) is 0 Å². The van der Waals surface area contributed by atoms with Crippen LogP contribution in [0.4, 0.5) is 0 Å². The molecule has 0 aliphatic rings. The van der Waals surface area contributed by atoms with Gasteiger partial charge in [0.25, 0.3) is 0 Å². The normalized spacial score (nSPS) is 11.4. The number of hydrogen-bond donors (Lipinski definition) is 3. The number of amides is 1. The van der Waals surface area contributed by atoms with Crippen LogP contribution in [0.3, 0.4) is 0 Å². The first-order chi connectivity index (χ1) is 7.50. The molecule has 0 aliphatic carbocycles. The molecule has 5 heteroatoms. The predicted molar refractivity (Wildman–Crippen MR) is 62.8 cm³/mol. The Morgan fingerprint density at radius 2 is 2.19 bits per heavy atom. The second-order valence-electron chi connectivity index (χ2n) is 4.72. The number of nitrogens with zero attached hydrogens (tertiary/aromatic N) is 1. The highest BCUT2D eigenvalue weighted by Gasteiger charge is 2.19. The summed E-state index contributed by atoms with van der Waals surface area (Å²) in [5, 5.41) is 6.06. The summed E-state index contributed by atoms with van der Waals surface area (Å²) in [6, 6.07) is 0. The summed E-state index contributed by atoms with van der Waals surface area (Å²) >= 11 is 0. The molecule has 0 aliphatic heterocycles. The molecule has 90 valence electrons. The van der Waals surface area contributed by atoms with E-state index in [0.29, 0.717) is 13.1 Å².